The molecule has 0 fully saturated rings. The van der Waals surface area contributed by atoms with Gasteiger partial charge in [0.15, 0.2) is 11.7 Å². The van der Waals surface area contributed by atoms with E-state index in [1.54, 1.807) is 6.92 Å². The molecule has 0 saturated carbocycles. The summed E-state index contributed by atoms with van der Waals surface area (Å²) in [4.78, 5) is 30.7. The number of carbonyl (C=O) groups is 2. The number of esters is 1. The molecule has 1 atom stereocenters. The van der Waals surface area contributed by atoms with E-state index in [4.69, 9.17) is 9.47 Å². The number of hydrogen-bond donors (Lipinski definition) is 1. The molecular formula is C21H23N3O6S2. The van der Waals surface area contributed by atoms with Crippen molar-refractivity contribution in [2.75, 3.05) is 25.2 Å². The van der Waals surface area contributed by atoms with Crippen LogP contribution in [0.1, 0.15) is 13.8 Å². The molecule has 2 aromatic carbocycles. The van der Waals surface area contributed by atoms with Crippen molar-refractivity contribution in [1.29, 1.82) is 0 Å². The molecule has 0 saturated heterocycles. The lowest BCUT2D eigenvalue weighted by atomic mass is 10.3. The van der Waals surface area contributed by atoms with Crippen molar-refractivity contribution >= 4 is 48.6 Å². The predicted octanol–water partition coefficient (Wildman–Crippen LogP) is 2.57. The second-order valence-corrected chi connectivity index (χ2v) is 9.45. The van der Waals surface area contributed by atoms with Crippen LogP contribution in [0.2, 0.25) is 0 Å². The molecule has 3 aromatic rings. The standard InChI is InChI=1S/C21H23N3O6S2/c1-4-24(21-22-17-7-5-6-8-18(17)31-21)19(25)13-30-20(26)14(2)23-32(27,28)16-11-9-15(29-3)10-12-16/h5-12,14,23H,4,13H2,1-3H3/t14-/m0/s1. The van der Waals surface area contributed by atoms with Crippen LogP contribution in [0.4, 0.5) is 5.13 Å². The van der Waals surface area contributed by atoms with Crippen LogP contribution >= 0.6 is 11.3 Å². The maximum Gasteiger partial charge on any atom is 0.324 e. The first-order valence-electron chi connectivity index (χ1n) is 9.74. The average molecular weight is 478 g/mol. The fraction of sp³-hybridized carbons (Fsp3) is 0.286. The highest BCUT2D eigenvalue weighted by atomic mass is 32.2. The molecule has 3 rings (SSSR count). The molecule has 170 valence electrons. The zero-order valence-electron chi connectivity index (χ0n) is 17.8. The van der Waals surface area contributed by atoms with Crippen LogP contribution in [-0.2, 0) is 24.3 Å². The van der Waals surface area contributed by atoms with E-state index in [-0.39, 0.29) is 4.90 Å². The van der Waals surface area contributed by atoms with Gasteiger partial charge in [0.2, 0.25) is 10.0 Å². The summed E-state index contributed by atoms with van der Waals surface area (Å²) in [5.74, 6) is -0.815. The van der Waals surface area contributed by atoms with Gasteiger partial charge < -0.3 is 9.47 Å². The number of benzene rings is 2. The number of methoxy groups -OCH3 is 1. The normalized spacial score (nSPS) is 12.3. The Bertz CT molecular complexity index is 1170. The van der Waals surface area contributed by atoms with E-state index in [1.807, 2.05) is 24.3 Å². The van der Waals surface area contributed by atoms with Crippen LogP contribution in [0.15, 0.2) is 53.4 Å². The SMILES string of the molecule is CCN(C(=O)COC(=O)[C@H](C)NS(=O)(=O)c1ccc(OC)cc1)c1nc2ccccc2s1. The Morgan fingerprint density at radius 1 is 1.16 bits per heavy atom. The van der Waals surface area contributed by atoms with Crippen LogP contribution in [-0.4, -0.2) is 51.6 Å². The molecule has 9 nitrogen and oxygen atoms in total. The number of fused-ring (bicyclic) bond motifs is 1. The van der Waals surface area contributed by atoms with Gasteiger partial charge in [-0.3, -0.25) is 14.5 Å². The third-order valence-corrected chi connectivity index (χ3v) is 7.14. The van der Waals surface area contributed by atoms with Gasteiger partial charge >= 0.3 is 5.97 Å². The summed E-state index contributed by atoms with van der Waals surface area (Å²) in [7, 11) is -2.49. The average Bonchev–Trinajstić information content (AvgIpc) is 3.21. The lowest BCUT2D eigenvalue weighted by molar-refractivity contribution is -0.149. The molecule has 1 amide bonds. The molecule has 0 aliphatic heterocycles. The smallest absolute Gasteiger partial charge is 0.324 e. The summed E-state index contributed by atoms with van der Waals surface area (Å²) in [6, 6.07) is 12.0. The van der Waals surface area contributed by atoms with Crippen molar-refractivity contribution in [2.24, 2.45) is 0 Å². The number of aromatic nitrogens is 1. The van der Waals surface area contributed by atoms with Crippen molar-refractivity contribution in [2.45, 2.75) is 24.8 Å². The Balaban J connectivity index is 1.60. The minimum atomic E-state index is -3.96. The maximum atomic E-state index is 12.6. The molecule has 32 heavy (non-hydrogen) atoms. The second kappa shape index (κ2) is 10.1. The molecular weight excluding hydrogens is 454 g/mol. The molecule has 0 bridgehead atoms. The van der Waals surface area contributed by atoms with Gasteiger partial charge in [-0.25, -0.2) is 13.4 Å². The Morgan fingerprint density at radius 2 is 1.84 bits per heavy atom. The fourth-order valence-electron chi connectivity index (χ4n) is 2.83. The second-order valence-electron chi connectivity index (χ2n) is 6.73. The lowest BCUT2D eigenvalue weighted by Gasteiger charge is -2.18. The Kier molecular flexibility index (Phi) is 7.44. The van der Waals surface area contributed by atoms with Gasteiger partial charge in [0, 0.05) is 6.54 Å². The van der Waals surface area contributed by atoms with E-state index in [0.29, 0.717) is 17.4 Å². The Labute approximate surface area is 190 Å². The quantitative estimate of drug-likeness (QED) is 0.471. The number of anilines is 1. The van der Waals surface area contributed by atoms with E-state index in [0.717, 1.165) is 10.2 Å². The highest BCUT2D eigenvalue weighted by Crippen LogP contribution is 2.28. The molecule has 0 unspecified atom stereocenters. The topological polar surface area (TPSA) is 115 Å². The van der Waals surface area contributed by atoms with Gasteiger partial charge in [0.25, 0.3) is 5.91 Å². The van der Waals surface area contributed by atoms with Gasteiger partial charge in [-0.05, 0) is 50.2 Å². The number of ether oxygens (including phenoxy) is 2. The van der Waals surface area contributed by atoms with Crippen LogP contribution < -0.4 is 14.4 Å². The third kappa shape index (κ3) is 5.42. The first-order valence-corrected chi connectivity index (χ1v) is 12.0. The van der Waals surface area contributed by atoms with Crippen LogP contribution in [0.5, 0.6) is 5.75 Å². The van der Waals surface area contributed by atoms with Crippen LogP contribution in [0.25, 0.3) is 10.2 Å². The number of sulfonamides is 1. The number of amides is 1. The molecule has 1 N–H and O–H groups in total. The minimum absolute atomic E-state index is 0.0259. The number of nitrogens with one attached hydrogen (secondary N) is 1. The molecule has 1 aromatic heterocycles. The van der Waals surface area contributed by atoms with Crippen molar-refractivity contribution in [3.63, 3.8) is 0 Å². The highest BCUT2D eigenvalue weighted by molar-refractivity contribution is 7.89. The summed E-state index contributed by atoms with van der Waals surface area (Å²) >= 11 is 1.36. The summed E-state index contributed by atoms with van der Waals surface area (Å²) < 4.78 is 38.2. The summed E-state index contributed by atoms with van der Waals surface area (Å²) in [5, 5.41) is 0.503. The zero-order valence-corrected chi connectivity index (χ0v) is 19.4. The monoisotopic (exact) mass is 477 g/mol. The van der Waals surface area contributed by atoms with Gasteiger partial charge in [-0.15, -0.1) is 0 Å². The van der Waals surface area contributed by atoms with Gasteiger partial charge in [0.1, 0.15) is 11.8 Å². The van der Waals surface area contributed by atoms with Gasteiger partial charge in [0.05, 0.1) is 22.2 Å². The largest absolute Gasteiger partial charge is 0.497 e. The predicted molar refractivity (Wildman–Crippen MR) is 121 cm³/mol. The summed E-state index contributed by atoms with van der Waals surface area (Å²) in [5.41, 5.74) is 0.775. The van der Waals surface area contributed by atoms with Gasteiger partial charge in [-0.2, -0.15) is 4.72 Å². The first-order chi connectivity index (χ1) is 15.2. The number of thiazole rings is 1. The summed E-state index contributed by atoms with van der Waals surface area (Å²) in [6.07, 6.45) is 0. The molecule has 0 aliphatic carbocycles. The number of carbonyl (C=O) groups excluding carboxylic acids is 2. The number of likely N-dealkylation sites (N-methyl/N-ethyl adjacent to an activating group) is 1. The Hall–Kier alpha value is -3.02. The van der Waals surface area contributed by atoms with E-state index < -0.39 is 34.5 Å². The van der Waals surface area contributed by atoms with Crippen LogP contribution in [0, 0.1) is 0 Å². The third-order valence-electron chi connectivity index (χ3n) is 4.52. The maximum absolute atomic E-state index is 12.6. The number of nitrogens with zero attached hydrogens (tertiary/aromatic N) is 2. The summed E-state index contributed by atoms with van der Waals surface area (Å²) in [6.45, 7) is 2.95. The molecule has 1 heterocycles. The Morgan fingerprint density at radius 3 is 2.47 bits per heavy atom. The lowest BCUT2D eigenvalue weighted by Crippen LogP contribution is -2.41. The van der Waals surface area contributed by atoms with Crippen molar-refractivity contribution in [1.82, 2.24) is 9.71 Å². The minimum Gasteiger partial charge on any atom is -0.497 e. The van der Waals surface area contributed by atoms with E-state index in [2.05, 4.69) is 9.71 Å². The van der Waals surface area contributed by atoms with E-state index >= 15 is 0 Å². The molecule has 0 radical (unpaired) electrons. The number of para-hydroxylation sites is 1. The zero-order chi connectivity index (χ0) is 23.3. The molecule has 0 aliphatic rings. The van der Waals surface area contributed by atoms with Crippen molar-refractivity contribution in [3.8, 4) is 5.75 Å². The number of rotatable bonds is 9. The highest BCUT2D eigenvalue weighted by Gasteiger charge is 2.25. The fourth-order valence-corrected chi connectivity index (χ4v) is 5.07. The molecule has 11 heteroatoms. The van der Waals surface area contributed by atoms with Crippen LogP contribution in [0.3, 0.4) is 0 Å². The van der Waals surface area contributed by atoms with E-state index in [9.17, 15) is 18.0 Å². The van der Waals surface area contributed by atoms with Crippen molar-refractivity contribution < 1.29 is 27.5 Å². The number of hydrogen-bond acceptors (Lipinski definition) is 8. The van der Waals surface area contributed by atoms with Crippen molar-refractivity contribution in [3.05, 3.63) is 48.5 Å². The van der Waals surface area contributed by atoms with Gasteiger partial charge in [-0.1, -0.05) is 23.5 Å². The first kappa shape index (κ1) is 23.6. The molecule has 0 spiro atoms. The van der Waals surface area contributed by atoms with E-state index in [1.165, 1.54) is 54.5 Å².